The first-order chi connectivity index (χ1) is 25.9. The van der Waals surface area contributed by atoms with Crippen molar-refractivity contribution in [2.24, 2.45) is 29.2 Å². The van der Waals surface area contributed by atoms with E-state index in [-0.39, 0.29) is 44.1 Å². The Balaban J connectivity index is 2.22. The topological polar surface area (TPSA) is 242 Å². The number of para-hydroxylation sites is 1. The third kappa shape index (κ3) is 12.0. The minimum atomic E-state index is -1.50. The molecule has 2 aromatic rings. The molecule has 55 heavy (non-hydrogen) atoms. The SMILES string of the molecule is CC(C)CC1C(=O)N[C@H](CC(C)C)C(=O)N(C)C(C(C)C)C(=O)N[C@@H](CC(N)=O)C(=O)N[C@H](CCCN)C(=O)N[C@@H](Cc2c[nH]c3ccccc23)C(=O)N1C. The van der Waals surface area contributed by atoms with Crippen molar-refractivity contribution in [3.63, 3.8) is 0 Å². The van der Waals surface area contributed by atoms with Crippen LogP contribution >= 0.6 is 0 Å². The summed E-state index contributed by atoms with van der Waals surface area (Å²) >= 11 is 0. The Labute approximate surface area is 323 Å². The molecule has 3 rings (SSSR count). The van der Waals surface area contributed by atoms with Crippen molar-refractivity contribution in [3.8, 4) is 0 Å². The molecular formula is C39H61N9O7. The van der Waals surface area contributed by atoms with E-state index in [1.165, 1.54) is 23.9 Å². The number of benzene rings is 1. The molecule has 16 heteroatoms. The lowest BCUT2D eigenvalue weighted by molar-refractivity contribution is -0.147. The predicted octanol–water partition coefficient (Wildman–Crippen LogP) is 0.680. The summed E-state index contributed by atoms with van der Waals surface area (Å²) in [6, 6.07) is 0.319. The summed E-state index contributed by atoms with van der Waals surface area (Å²) in [6.07, 6.45) is 2.03. The maximum atomic E-state index is 14.6. The molecule has 304 valence electrons. The molecular weight excluding hydrogens is 706 g/mol. The first kappa shape index (κ1) is 44.4. The zero-order valence-electron chi connectivity index (χ0n) is 33.4. The molecule has 1 saturated heterocycles. The van der Waals surface area contributed by atoms with E-state index in [4.69, 9.17) is 11.5 Å². The van der Waals surface area contributed by atoms with Crippen molar-refractivity contribution < 1.29 is 33.6 Å². The van der Waals surface area contributed by atoms with Crippen LogP contribution in [0, 0.1) is 17.8 Å². The van der Waals surface area contributed by atoms with E-state index in [1.54, 1.807) is 20.0 Å². The number of nitrogens with two attached hydrogens (primary N) is 2. The number of amides is 7. The standard InChI is InChI=1S/C39H61N9O7/c1-21(2)16-29-39(55)48(8)33(23(5)6)37(53)44-28(19-32(41)49)35(51)43-27(14-11-15-40)34(50)45-30(18-24-20-42-26-13-10-9-12-25(24)26)38(54)47(7)31(17-22(3)4)36(52)46-29/h9-10,12-13,20-23,27-31,33,42H,11,14-19,40H2,1-8H3,(H2,41,49)(H,43,51)(H,44,53)(H,45,50)(H,46,52)/t27-,28+,29-,30+,31?,33?/m1/s1. The lowest BCUT2D eigenvalue weighted by Crippen LogP contribution is -2.63. The summed E-state index contributed by atoms with van der Waals surface area (Å²) in [4.78, 5) is 103. The molecule has 0 saturated carbocycles. The molecule has 1 fully saturated rings. The largest absolute Gasteiger partial charge is 0.370 e. The molecule has 0 aliphatic carbocycles. The van der Waals surface area contributed by atoms with Crippen LogP contribution in [0.3, 0.4) is 0 Å². The molecule has 1 aliphatic heterocycles. The van der Waals surface area contributed by atoms with E-state index in [9.17, 15) is 33.6 Å². The number of rotatable bonds is 12. The Hall–Kier alpha value is -4.99. The van der Waals surface area contributed by atoms with E-state index >= 15 is 0 Å². The van der Waals surface area contributed by atoms with Gasteiger partial charge in [0.15, 0.2) is 0 Å². The summed E-state index contributed by atoms with van der Waals surface area (Å²) in [7, 11) is 2.94. The summed E-state index contributed by atoms with van der Waals surface area (Å²) in [5, 5.41) is 11.8. The second-order valence-corrected chi connectivity index (χ2v) is 15.8. The van der Waals surface area contributed by atoms with Gasteiger partial charge in [0, 0.05) is 37.6 Å². The molecule has 7 amide bonds. The average Bonchev–Trinajstić information content (AvgIpc) is 3.51. The van der Waals surface area contributed by atoms with Gasteiger partial charge in [0.25, 0.3) is 0 Å². The van der Waals surface area contributed by atoms with Gasteiger partial charge in [0.1, 0.15) is 36.3 Å². The fourth-order valence-corrected chi connectivity index (χ4v) is 7.08. The van der Waals surface area contributed by atoms with Crippen LogP contribution in [0.2, 0.25) is 0 Å². The molecule has 2 heterocycles. The summed E-state index contributed by atoms with van der Waals surface area (Å²) in [6.45, 7) is 11.2. The van der Waals surface area contributed by atoms with Gasteiger partial charge in [-0.25, -0.2) is 0 Å². The van der Waals surface area contributed by atoms with E-state index in [2.05, 4.69) is 26.3 Å². The number of aromatic amines is 1. The zero-order chi connectivity index (χ0) is 41.1. The fraction of sp³-hybridized carbons (Fsp3) is 0.615. The zero-order valence-corrected chi connectivity index (χ0v) is 33.4. The van der Waals surface area contributed by atoms with Crippen LogP contribution in [0.5, 0.6) is 0 Å². The van der Waals surface area contributed by atoms with Gasteiger partial charge in [0.2, 0.25) is 41.4 Å². The number of primary amides is 1. The quantitative estimate of drug-likeness (QED) is 0.162. The first-order valence-corrected chi connectivity index (χ1v) is 19.1. The number of likely N-dealkylation sites (N-methyl/N-ethyl adjacent to an activating group) is 2. The van der Waals surface area contributed by atoms with Crippen molar-refractivity contribution in [2.45, 2.75) is 116 Å². The molecule has 2 unspecified atom stereocenters. The Kier molecular flexibility index (Phi) is 16.2. The van der Waals surface area contributed by atoms with E-state index in [0.717, 1.165) is 16.5 Å². The summed E-state index contributed by atoms with van der Waals surface area (Å²) in [5.74, 6) is -5.42. The van der Waals surface area contributed by atoms with Crippen LogP contribution in [0.4, 0.5) is 0 Å². The van der Waals surface area contributed by atoms with Gasteiger partial charge in [-0.15, -0.1) is 0 Å². The third-order valence-corrected chi connectivity index (χ3v) is 9.88. The van der Waals surface area contributed by atoms with Gasteiger partial charge in [-0.2, -0.15) is 0 Å². The highest BCUT2D eigenvalue weighted by atomic mass is 16.2. The molecule has 6 atom stereocenters. The maximum absolute atomic E-state index is 14.6. The second-order valence-electron chi connectivity index (χ2n) is 15.8. The van der Waals surface area contributed by atoms with Gasteiger partial charge < -0.3 is 47.5 Å². The molecule has 9 N–H and O–H groups in total. The van der Waals surface area contributed by atoms with Crippen molar-refractivity contribution in [1.82, 2.24) is 36.1 Å². The highest BCUT2D eigenvalue weighted by Gasteiger charge is 2.40. The van der Waals surface area contributed by atoms with E-state index in [1.807, 2.05) is 52.0 Å². The predicted molar refractivity (Wildman–Crippen MR) is 209 cm³/mol. The lowest BCUT2D eigenvalue weighted by Gasteiger charge is -2.36. The van der Waals surface area contributed by atoms with Crippen LogP contribution in [-0.2, 0) is 40.0 Å². The Morgan fingerprint density at radius 3 is 1.89 bits per heavy atom. The van der Waals surface area contributed by atoms with Gasteiger partial charge in [-0.05, 0) is 61.6 Å². The van der Waals surface area contributed by atoms with Gasteiger partial charge in [-0.1, -0.05) is 59.7 Å². The van der Waals surface area contributed by atoms with Crippen LogP contribution in [0.25, 0.3) is 10.9 Å². The summed E-state index contributed by atoms with van der Waals surface area (Å²) in [5.41, 5.74) is 12.8. The highest BCUT2D eigenvalue weighted by molar-refractivity contribution is 5.99. The van der Waals surface area contributed by atoms with Crippen molar-refractivity contribution in [2.75, 3.05) is 20.6 Å². The van der Waals surface area contributed by atoms with Crippen LogP contribution in [0.1, 0.15) is 79.2 Å². The summed E-state index contributed by atoms with van der Waals surface area (Å²) < 4.78 is 0. The van der Waals surface area contributed by atoms with Crippen molar-refractivity contribution >= 4 is 52.3 Å². The molecule has 1 aromatic carbocycles. The van der Waals surface area contributed by atoms with Crippen LogP contribution in [-0.4, -0.2) is 113 Å². The lowest BCUT2D eigenvalue weighted by atomic mass is 9.96. The number of hydrogen-bond donors (Lipinski definition) is 7. The monoisotopic (exact) mass is 767 g/mol. The minimum Gasteiger partial charge on any atom is -0.370 e. The number of nitrogens with one attached hydrogen (secondary N) is 5. The fourth-order valence-electron chi connectivity index (χ4n) is 7.08. The smallest absolute Gasteiger partial charge is 0.245 e. The van der Waals surface area contributed by atoms with E-state index in [0.29, 0.717) is 6.42 Å². The molecule has 1 aromatic heterocycles. The van der Waals surface area contributed by atoms with Crippen molar-refractivity contribution in [3.05, 3.63) is 36.0 Å². The van der Waals surface area contributed by atoms with E-state index < -0.39 is 89.9 Å². The molecule has 16 nitrogen and oxygen atoms in total. The molecule has 0 radical (unpaired) electrons. The third-order valence-electron chi connectivity index (χ3n) is 9.88. The molecule has 0 bridgehead atoms. The number of fused-ring (bicyclic) bond motifs is 1. The van der Waals surface area contributed by atoms with Gasteiger partial charge in [-0.3, -0.25) is 33.6 Å². The number of H-pyrrole nitrogens is 1. The molecule has 1 aliphatic rings. The van der Waals surface area contributed by atoms with Gasteiger partial charge >= 0.3 is 0 Å². The normalized spacial score (nSPS) is 24.1. The number of aromatic nitrogens is 1. The van der Waals surface area contributed by atoms with Crippen LogP contribution < -0.4 is 32.7 Å². The maximum Gasteiger partial charge on any atom is 0.245 e. The van der Waals surface area contributed by atoms with Crippen LogP contribution in [0.15, 0.2) is 30.5 Å². The molecule has 0 spiro atoms. The van der Waals surface area contributed by atoms with Crippen molar-refractivity contribution in [1.29, 1.82) is 0 Å². The number of carbonyl (C=O) groups is 7. The Morgan fingerprint density at radius 1 is 0.727 bits per heavy atom. The highest BCUT2D eigenvalue weighted by Crippen LogP contribution is 2.22. The Bertz CT molecular complexity index is 1690. The average molecular weight is 768 g/mol. The Morgan fingerprint density at radius 2 is 1.29 bits per heavy atom. The number of hydrogen-bond acceptors (Lipinski definition) is 8. The number of nitrogens with zero attached hydrogens (tertiary/aromatic N) is 2. The van der Waals surface area contributed by atoms with Gasteiger partial charge in [0.05, 0.1) is 6.42 Å². The number of carbonyl (C=O) groups excluding carboxylic acids is 7. The first-order valence-electron chi connectivity index (χ1n) is 19.1. The minimum absolute atomic E-state index is 0.0305. The second kappa shape index (κ2) is 20.1.